The number of ether oxygens (including phenoxy) is 5. The molecule has 1 aromatic carbocycles. The van der Waals surface area contributed by atoms with Crippen LogP contribution < -0.4 is 10.1 Å². The zero-order valence-electron chi connectivity index (χ0n) is 13.8. The molecule has 1 aromatic rings. The van der Waals surface area contributed by atoms with Crippen LogP contribution in [0, 0.1) is 3.57 Å². The topological polar surface area (TPSA) is 75.3 Å². The molecule has 0 bridgehead atoms. The standard InChI is InChI=1S/C16H24INO6/c1-18-16(19)24-13-11-22-9-7-20-6-8-21-10-12-23-15-4-2-14(17)3-5-15/h2-5H,6-13H2,1H3,(H,18,19). The first-order valence-corrected chi connectivity index (χ1v) is 8.76. The summed E-state index contributed by atoms with van der Waals surface area (Å²) in [5.41, 5.74) is 0. The molecule has 0 fully saturated rings. The second-order valence-corrected chi connectivity index (χ2v) is 5.77. The number of hydrogen-bond donors (Lipinski definition) is 1. The van der Waals surface area contributed by atoms with Crippen molar-refractivity contribution in [1.29, 1.82) is 0 Å². The van der Waals surface area contributed by atoms with E-state index in [1.165, 1.54) is 10.6 Å². The van der Waals surface area contributed by atoms with Crippen molar-refractivity contribution in [3.8, 4) is 5.75 Å². The van der Waals surface area contributed by atoms with E-state index < -0.39 is 6.09 Å². The van der Waals surface area contributed by atoms with Crippen LogP contribution in [0.15, 0.2) is 24.3 Å². The summed E-state index contributed by atoms with van der Waals surface area (Å²) in [4.78, 5) is 10.8. The van der Waals surface area contributed by atoms with Crippen LogP contribution in [-0.2, 0) is 18.9 Å². The third-order valence-corrected chi connectivity index (χ3v) is 3.44. The predicted molar refractivity (Wildman–Crippen MR) is 97.5 cm³/mol. The lowest BCUT2D eigenvalue weighted by Crippen LogP contribution is -2.21. The van der Waals surface area contributed by atoms with E-state index in [1.807, 2.05) is 24.3 Å². The Kier molecular flexibility index (Phi) is 12.4. The Balaban J connectivity index is 1.79. The van der Waals surface area contributed by atoms with Crippen molar-refractivity contribution in [1.82, 2.24) is 5.32 Å². The summed E-state index contributed by atoms with van der Waals surface area (Å²) < 4.78 is 27.5. The van der Waals surface area contributed by atoms with Gasteiger partial charge in [0.25, 0.3) is 0 Å². The lowest BCUT2D eigenvalue weighted by molar-refractivity contribution is 0.00204. The van der Waals surface area contributed by atoms with Gasteiger partial charge in [-0.2, -0.15) is 0 Å². The number of hydrogen-bond acceptors (Lipinski definition) is 6. The maximum absolute atomic E-state index is 10.8. The number of amides is 1. The molecule has 0 saturated carbocycles. The third-order valence-electron chi connectivity index (χ3n) is 2.72. The Morgan fingerprint density at radius 2 is 1.38 bits per heavy atom. The van der Waals surface area contributed by atoms with Crippen molar-refractivity contribution in [2.75, 3.05) is 59.9 Å². The summed E-state index contributed by atoms with van der Waals surface area (Å²) in [5.74, 6) is 0.841. The van der Waals surface area contributed by atoms with E-state index in [1.54, 1.807) is 0 Å². The van der Waals surface area contributed by atoms with Gasteiger partial charge in [0.15, 0.2) is 0 Å². The molecule has 0 aromatic heterocycles. The molecule has 0 aliphatic rings. The first kappa shape index (κ1) is 20.9. The minimum absolute atomic E-state index is 0.226. The maximum Gasteiger partial charge on any atom is 0.406 e. The Labute approximate surface area is 156 Å². The fraction of sp³-hybridized carbons (Fsp3) is 0.562. The number of carbonyl (C=O) groups is 1. The summed E-state index contributed by atoms with van der Waals surface area (Å²) in [6, 6.07) is 7.86. The van der Waals surface area contributed by atoms with E-state index in [2.05, 4.69) is 27.9 Å². The minimum Gasteiger partial charge on any atom is -0.491 e. The molecule has 1 amide bonds. The highest BCUT2D eigenvalue weighted by Crippen LogP contribution is 2.13. The summed E-state index contributed by atoms with van der Waals surface area (Å²) in [6.45, 7) is 3.54. The number of benzene rings is 1. The van der Waals surface area contributed by atoms with Gasteiger partial charge in [-0.1, -0.05) is 0 Å². The molecular formula is C16H24INO6. The molecule has 0 saturated heterocycles. The maximum atomic E-state index is 10.8. The first-order chi connectivity index (χ1) is 11.7. The van der Waals surface area contributed by atoms with Gasteiger partial charge in [0.05, 0.1) is 39.6 Å². The summed E-state index contributed by atoms with van der Waals surface area (Å²) in [5, 5.41) is 2.35. The Morgan fingerprint density at radius 3 is 1.92 bits per heavy atom. The second kappa shape index (κ2) is 14.3. The van der Waals surface area contributed by atoms with Crippen LogP contribution in [0.3, 0.4) is 0 Å². The molecule has 1 rings (SSSR count). The highest BCUT2D eigenvalue weighted by atomic mass is 127. The van der Waals surface area contributed by atoms with Crippen molar-refractivity contribution in [2.45, 2.75) is 0 Å². The lowest BCUT2D eigenvalue weighted by Gasteiger charge is -2.08. The van der Waals surface area contributed by atoms with E-state index in [9.17, 15) is 4.79 Å². The first-order valence-electron chi connectivity index (χ1n) is 7.68. The average molecular weight is 453 g/mol. The van der Waals surface area contributed by atoms with E-state index in [0.717, 1.165) is 5.75 Å². The van der Waals surface area contributed by atoms with E-state index in [4.69, 9.17) is 23.7 Å². The SMILES string of the molecule is CNC(=O)OCCOCCOCCOCCOc1ccc(I)cc1. The third kappa shape index (κ3) is 11.4. The summed E-state index contributed by atoms with van der Waals surface area (Å²) >= 11 is 2.25. The van der Waals surface area contributed by atoms with E-state index in [-0.39, 0.29) is 6.61 Å². The number of halogens is 1. The van der Waals surface area contributed by atoms with Gasteiger partial charge in [0.1, 0.15) is 19.0 Å². The second-order valence-electron chi connectivity index (χ2n) is 4.53. The molecule has 0 unspecified atom stereocenters. The highest BCUT2D eigenvalue weighted by Gasteiger charge is 1.97. The zero-order chi connectivity index (χ0) is 17.5. The van der Waals surface area contributed by atoms with Gasteiger partial charge in [-0.3, -0.25) is 0 Å². The smallest absolute Gasteiger partial charge is 0.406 e. The average Bonchev–Trinajstić information content (AvgIpc) is 2.60. The molecule has 0 aliphatic heterocycles. The van der Waals surface area contributed by atoms with Crippen LogP contribution in [0.5, 0.6) is 5.75 Å². The van der Waals surface area contributed by atoms with Crippen LogP contribution in [0.2, 0.25) is 0 Å². The largest absolute Gasteiger partial charge is 0.491 e. The Bertz CT molecular complexity index is 443. The van der Waals surface area contributed by atoms with Crippen LogP contribution in [0.1, 0.15) is 0 Å². The normalized spacial score (nSPS) is 10.4. The molecular weight excluding hydrogens is 429 g/mol. The van der Waals surface area contributed by atoms with Gasteiger partial charge in [0.2, 0.25) is 0 Å². The highest BCUT2D eigenvalue weighted by molar-refractivity contribution is 14.1. The van der Waals surface area contributed by atoms with Gasteiger partial charge >= 0.3 is 6.09 Å². The monoisotopic (exact) mass is 453 g/mol. The quantitative estimate of drug-likeness (QED) is 0.364. The molecule has 1 N–H and O–H groups in total. The Morgan fingerprint density at radius 1 is 0.875 bits per heavy atom. The van der Waals surface area contributed by atoms with Gasteiger partial charge in [0, 0.05) is 10.6 Å². The minimum atomic E-state index is -0.460. The molecule has 0 radical (unpaired) electrons. The van der Waals surface area contributed by atoms with Gasteiger partial charge < -0.3 is 29.0 Å². The van der Waals surface area contributed by atoms with Crippen LogP contribution in [0.25, 0.3) is 0 Å². The fourth-order valence-corrected chi connectivity index (χ4v) is 1.92. The fourth-order valence-electron chi connectivity index (χ4n) is 1.56. The van der Waals surface area contributed by atoms with Crippen LogP contribution in [0.4, 0.5) is 4.79 Å². The van der Waals surface area contributed by atoms with Gasteiger partial charge in [-0.15, -0.1) is 0 Å². The zero-order valence-corrected chi connectivity index (χ0v) is 16.0. The van der Waals surface area contributed by atoms with E-state index in [0.29, 0.717) is 46.2 Å². The summed E-state index contributed by atoms with van der Waals surface area (Å²) in [6.07, 6.45) is -0.460. The van der Waals surface area contributed by atoms with Crippen LogP contribution in [-0.4, -0.2) is 66.0 Å². The lowest BCUT2D eigenvalue weighted by atomic mass is 10.3. The molecule has 0 aliphatic carbocycles. The van der Waals surface area contributed by atoms with Crippen molar-refractivity contribution < 1.29 is 28.5 Å². The molecule has 0 spiro atoms. The van der Waals surface area contributed by atoms with Gasteiger partial charge in [-0.05, 0) is 46.9 Å². The van der Waals surface area contributed by atoms with Crippen LogP contribution >= 0.6 is 22.6 Å². The molecule has 8 heteroatoms. The number of nitrogens with one attached hydrogen (secondary N) is 1. The number of carbonyl (C=O) groups excluding carboxylic acids is 1. The number of rotatable bonds is 13. The summed E-state index contributed by atoms with van der Waals surface area (Å²) in [7, 11) is 1.51. The van der Waals surface area contributed by atoms with Gasteiger partial charge in [-0.25, -0.2) is 4.79 Å². The van der Waals surface area contributed by atoms with E-state index >= 15 is 0 Å². The van der Waals surface area contributed by atoms with Crippen molar-refractivity contribution >= 4 is 28.7 Å². The van der Waals surface area contributed by atoms with Crippen molar-refractivity contribution in [2.24, 2.45) is 0 Å². The van der Waals surface area contributed by atoms with Crippen molar-refractivity contribution in [3.63, 3.8) is 0 Å². The Hall–Kier alpha value is -1.10. The molecule has 24 heavy (non-hydrogen) atoms. The molecule has 0 atom stereocenters. The number of alkyl carbamates (subject to hydrolysis) is 1. The van der Waals surface area contributed by atoms with Crippen molar-refractivity contribution in [3.05, 3.63) is 27.8 Å². The molecule has 7 nitrogen and oxygen atoms in total. The predicted octanol–water partition coefficient (Wildman–Crippen LogP) is 2.08. The molecule has 136 valence electrons. The molecule has 0 heterocycles.